The minimum absolute atomic E-state index is 0.0180. The predicted molar refractivity (Wildman–Crippen MR) is 99.6 cm³/mol. The molecule has 3 aromatic heterocycles. The summed E-state index contributed by atoms with van der Waals surface area (Å²) < 4.78 is 7.65. The van der Waals surface area contributed by atoms with Crippen LogP contribution in [0.3, 0.4) is 0 Å². The molecular formula is C20H19N5O2. The van der Waals surface area contributed by atoms with Crippen molar-refractivity contribution in [1.82, 2.24) is 24.5 Å². The van der Waals surface area contributed by atoms with Gasteiger partial charge in [0.2, 0.25) is 0 Å². The van der Waals surface area contributed by atoms with E-state index in [0.29, 0.717) is 24.3 Å². The Balaban J connectivity index is 1.33. The zero-order valence-electron chi connectivity index (χ0n) is 15.0. The monoisotopic (exact) mass is 361 g/mol. The van der Waals surface area contributed by atoms with E-state index in [1.54, 1.807) is 29.2 Å². The van der Waals surface area contributed by atoms with Crippen LogP contribution in [0.4, 0.5) is 0 Å². The molecule has 0 radical (unpaired) electrons. The van der Waals surface area contributed by atoms with Crippen molar-refractivity contribution in [2.24, 2.45) is 0 Å². The first-order valence-electron chi connectivity index (χ1n) is 9.14. The lowest BCUT2D eigenvalue weighted by atomic mass is 9.96. The number of hydrogen-bond acceptors (Lipinski definition) is 5. The largest absolute Gasteiger partial charge is 0.440 e. The molecule has 0 spiro atoms. The molecule has 0 saturated carbocycles. The van der Waals surface area contributed by atoms with Crippen LogP contribution in [0, 0.1) is 6.92 Å². The summed E-state index contributed by atoms with van der Waals surface area (Å²) in [7, 11) is 0. The number of amides is 1. The van der Waals surface area contributed by atoms with E-state index in [0.717, 1.165) is 35.4 Å². The van der Waals surface area contributed by atoms with Crippen LogP contribution in [0.1, 0.15) is 40.6 Å². The third kappa shape index (κ3) is 2.66. The average molecular weight is 361 g/mol. The molecule has 1 aliphatic heterocycles. The number of oxazole rings is 1. The molecule has 0 aliphatic carbocycles. The third-order valence-electron chi connectivity index (χ3n) is 5.27. The quantitative estimate of drug-likeness (QED) is 0.548. The van der Waals surface area contributed by atoms with Crippen molar-refractivity contribution in [1.29, 1.82) is 0 Å². The molecule has 1 aliphatic rings. The number of likely N-dealkylation sites (tertiary alicyclic amines) is 1. The fraction of sp³-hybridized carbons (Fsp3) is 0.300. The van der Waals surface area contributed by atoms with Crippen molar-refractivity contribution < 1.29 is 9.21 Å². The highest BCUT2D eigenvalue weighted by Crippen LogP contribution is 2.31. The third-order valence-corrected chi connectivity index (χ3v) is 5.27. The Bertz CT molecular complexity index is 1140. The minimum Gasteiger partial charge on any atom is -0.440 e. The molecule has 136 valence electrons. The Labute approximate surface area is 155 Å². The van der Waals surface area contributed by atoms with Crippen LogP contribution in [-0.2, 0) is 0 Å². The predicted octanol–water partition coefficient (Wildman–Crippen LogP) is 3.20. The van der Waals surface area contributed by atoms with E-state index < -0.39 is 0 Å². The smallest absolute Gasteiger partial charge is 0.259 e. The second kappa shape index (κ2) is 6.19. The number of aryl methyl sites for hydroxylation is 1. The van der Waals surface area contributed by atoms with Gasteiger partial charge in [-0.2, -0.15) is 5.10 Å². The molecule has 0 N–H and O–H groups in total. The number of aromatic nitrogens is 4. The highest BCUT2D eigenvalue weighted by molar-refractivity contribution is 5.99. The average Bonchev–Trinajstić information content (AvgIpc) is 3.33. The zero-order chi connectivity index (χ0) is 18.4. The van der Waals surface area contributed by atoms with Crippen LogP contribution >= 0.6 is 0 Å². The van der Waals surface area contributed by atoms with Crippen LogP contribution < -0.4 is 0 Å². The van der Waals surface area contributed by atoms with Gasteiger partial charge in [-0.05, 0) is 37.5 Å². The highest BCUT2D eigenvalue weighted by atomic mass is 16.3. The summed E-state index contributed by atoms with van der Waals surface area (Å²) in [5.41, 5.74) is 4.01. The molecule has 7 heteroatoms. The first kappa shape index (κ1) is 16.0. The number of piperidine rings is 1. The van der Waals surface area contributed by atoms with Crippen molar-refractivity contribution >= 4 is 22.7 Å². The molecule has 27 heavy (non-hydrogen) atoms. The summed E-state index contributed by atoms with van der Waals surface area (Å²) in [5.74, 6) is 1.00. The van der Waals surface area contributed by atoms with Crippen molar-refractivity contribution in [2.75, 3.05) is 13.1 Å². The first-order valence-corrected chi connectivity index (χ1v) is 9.14. The number of rotatable bonds is 2. The Morgan fingerprint density at radius 2 is 2.07 bits per heavy atom. The van der Waals surface area contributed by atoms with Crippen LogP contribution in [0.5, 0.6) is 0 Å². The summed E-state index contributed by atoms with van der Waals surface area (Å²) >= 11 is 0. The number of fused-ring (bicyclic) bond motifs is 2. The summed E-state index contributed by atoms with van der Waals surface area (Å²) in [6.07, 6.45) is 6.74. The van der Waals surface area contributed by atoms with Gasteiger partial charge < -0.3 is 9.32 Å². The summed E-state index contributed by atoms with van der Waals surface area (Å²) in [5, 5.41) is 4.21. The lowest BCUT2D eigenvalue weighted by molar-refractivity contribution is 0.0708. The molecule has 1 amide bonds. The van der Waals surface area contributed by atoms with E-state index >= 15 is 0 Å². The molecule has 4 aromatic rings. The van der Waals surface area contributed by atoms with Crippen LogP contribution in [0.2, 0.25) is 0 Å². The first-order chi connectivity index (χ1) is 13.2. The molecule has 0 bridgehead atoms. The van der Waals surface area contributed by atoms with E-state index in [-0.39, 0.29) is 11.8 Å². The lowest BCUT2D eigenvalue weighted by Gasteiger charge is -2.30. The van der Waals surface area contributed by atoms with E-state index in [9.17, 15) is 4.79 Å². The van der Waals surface area contributed by atoms with Gasteiger partial charge in [0.15, 0.2) is 17.1 Å². The molecule has 1 saturated heterocycles. The number of carbonyl (C=O) groups excluding carboxylic acids is 1. The van der Waals surface area contributed by atoms with Crippen LogP contribution in [0.25, 0.3) is 16.7 Å². The SMILES string of the molecule is Cc1cccc2nc(C3CCN(C(=O)c4cnn5cccnc45)CC3)oc12. The molecule has 4 heterocycles. The molecule has 0 unspecified atom stereocenters. The Kier molecular flexibility index (Phi) is 3.67. The van der Waals surface area contributed by atoms with Gasteiger partial charge in [0, 0.05) is 31.4 Å². The van der Waals surface area contributed by atoms with Gasteiger partial charge in [0.25, 0.3) is 5.91 Å². The van der Waals surface area contributed by atoms with Gasteiger partial charge in [-0.15, -0.1) is 0 Å². The van der Waals surface area contributed by atoms with Gasteiger partial charge >= 0.3 is 0 Å². The Morgan fingerprint density at radius 1 is 1.22 bits per heavy atom. The van der Waals surface area contributed by atoms with E-state index in [1.165, 1.54) is 0 Å². The number of carbonyl (C=O) groups is 1. The second-order valence-corrected chi connectivity index (χ2v) is 6.99. The molecule has 1 fully saturated rings. The van der Waals surface area contributed by atoms with Gasteiger partial charge in [0.05, 0.1) is 6.20 Å². The lowest BCUT2D eigenvalue weighted by Crippen LogP contribution is -2.38. The van der Waals surface area contributed by atoms with Crippen molar-refractivity contribution in [3.63, 3.8) is 0 Å². The highest BCUT2D eigenvalue weighted by Gasteiger charge is 2.29. The second-order valence-electron chi connectivity index (χ2n) is 6.99. The summed E-state index contributed by atoms with van der Waals surface area (Å²) in [4.78, 5) is 23.7. The topological polar surface area (TPSA) is 76.5 Å². The van der Waals surface area contributed by atoms with E-state index in [2.05, 4.69) is 15.1 Å². The van der Waals surface area contributed by atoms with Crippen LogP contribution in [0.15, 0.2) is 47.3 Å². The van der Waals surface area contributed by atoms with Gasteiger partial charge in [-0.3, -0.25) is 4.79 Å². The fourth-order valence-corrected chi connectivity index (χ4v) is 3.76. The Morgan fingerprint density at radius 3 is 2.89 bits per heavy atom. The van der Waals surface area contributed by atoms with Gasteiger partial charge in [-0.1, -0.05) is 12.1 Å². The van der Waals surface area contributed by atoms with Gasteiger partial charge in [-0.25, -0.2) is 14.5 Å². The number of nitrogens with zero attached hydrogens (tertiary/aromatic N) is 5. The van der Waals surface area contributed by atoms with Crippen molar-refractivity contribution in [3.05, 3.63) is 59.9 Å². The maximum atomic E-state index is 12.9. The summed E-state index contributed by atoms with van der Waals surface area (Å²) in [6, 6.07) is 7.80. The normalized spacial score (nSPS) is 15.7. The van der Waals surface area contributed by atoms with Gasteiger partial charge in [0.1, 0.15) is 11.1 Å². The maximum Gasteiger partial charge on any atom is 0.259 e. The standard InChI is InChI=1S/C20H19N5O2/c1-13-4-2-5-16-17(13)27-19(23-16)14-6-10-24(11-7-14)20(26)15-12-22-25-9-3-8-21-18(15)25/h2-5,8-9,12,14H,6-7,10-11H2,1H3. The molecule has 7 nitrogen and oxygen atoms in total. The van der Waals surface area contributed by atoms with Crippen LogP contribution in [-0.4, -0.2) is 43.5 Å². The maximum absolute atomic E-state index is 12.9. The van der Waals surface area contributed by atoms with Crippen molar-refractivity contribution in [3.8, 4) is 0 Å². The van der Waals surface area contributed by atoms with Crippen molar-refractivity contribution in [2.45, 2.75) is 25.7 Å². The number of hydrogen-bond donors (Lipinski definition) is 0. The fourth-order valence-electron chi connectivity index (χ4n) is 3.76. The Hall–Kier alpha value is -3.22. The molecule has 0 atom stereocenters. The number of para-hydroxylation sites is 1. The minimum atomic E-state index is -0.0180. The zero-order valence-corrected chi connectivity index (χ0v) is 15.0. The molecule has 5 rings (SSSR count). The van der Waals surface area contributed by atoms with E-state index in [1.807, 2.05) is 30.0 Å². The summed E-state index contributed by atoms with van der Waals surface area (Å²) in [6.45, 7) is 3.37. The molecular weight excluding hydrogens is 342 g/mol. The molecule has 1 aromatic carbocycles. The number of benzene rings is 1. The van der Waals surface area contributed by atoms with E-state index in [4.69, 9.17) is 4.42 Å².